The summed E-state index contributed by atoms with van der Waals surface area (Å²) in [6, 6.07) is 5.11. The quantitative estimate of drug-likeness (QED) is 0.487. The van der Waals surface area contributed by atoms with Gasteiger partial charge in [0.2, 0.25) is 5.91 Å². The molecule has 1 unspecified atom stereocenters. The molecule has 1 aromatic carbocycles. The first-order chi connectivity index (χ1) is 11.0. The van der Waals surface area contributed by atoms with Crippen LogP contribution in [-0.2, 0) is 4.79 Å². The van der Waals surface area contributed by atoms with Gasteiger partial charge in [-0.1, -0.05) is 28.3 Å². The minimum Gasteiger partial charge on any atom is -0.494 e. The van der Waals surface area contributed by atoms with E-state index in [2.05, 4.69) is 38.6 Å². The minimum absolute atomic E-state index is 0.0840. The summed E-state index contributed by atoms with van der Waals surface area (Å²) in [5, 5.41) is 16.3. The number of aromatic nitrogens is 4. The molecule has 1 atom stereocenters. The Morgan fingerprint density at radius 3 is 2.91 bits per heavy atom. The fourth-order valence-corrected chi connectivity index (χ4v) is 2.42. The molecule has 0 fully saturated rings. The number of nitrogens with zero attached hydrogens (tertiary/aromatic N) is 3. The van der Waals surface area contributed by atoms with E-state index in [1.807, 2.05) is 0 Å². The Bertz CT molecular complexity index is 641. The molecule has 124 valence electrons. The Hall–Kier alpha value is -1.51. The van der Waals surface area contributed by atoms with Crippen LogP contribution in [0.2, 0.25) is 10.0 Å². The third-order valence-corrected chi connectivity index (χ3v) is 4.04. The third-order valence-electron chi connectivity index (χ3n) is 2.86. The number of nitrogens with one attached hydrogen (secondary N) is 2. The number of carbonyl (C=O) groups excluding carboxylic acids is 1. The maximum Gasteiger partial charge on any atom is 0.269 e. The number of hydrogen-bond donors (Lipinski definition) is 3. The molecular weight excluding hydrogens is 361 g/mol. The fourth-order valence-electron chi connectivity index (χ4n) is 1.78. The molecule has 2 rings (SSSR count). The summed E-state index contributed by atoms with van der Waals surface area (Å²) in [4.78, 5) is 11.7. The summed E-state index contributed by atoms with van der Waals surface area (Å²) in [6.07, 6.45) is 1.73. The number of carbonyl (C=O) groups is 1. The number of amides is 1. The second-order valence-corrected chi connectivity index (χ2v) is 6.25. The molecule has 7 nitrogen and oxygen atoms in total. The van der Waals surface area contributed by atoms with Crippen LogP contribution in [-0.4, -0.2) is 38.4 Å². The molecule has 0 saturated carbocycles. The first-order valence-corrected chi connectivity index (χ1v) is 8.11. The monoisotopic (exact) mass is 375 g/mol. The molecule has 0 aliphatic carbocycles. The van der Waals surface area contributed by atoms with Gasteiger partial charge in [0.15, 0.2) is 0 Å². The number of hydrogen-bond acceptors (Lipinski definition) is 6. The summed E-state index contributed by atoms with van der Waals surface area (Å²) in [5.41, 5.74) is 0. The molecule has 0 bridgehead atoms. The zero-order valence-electron chi connectivity index (χ0n) is 12.0. The average molecular weight is 376 g/mol. The number of benzene rings is 1. The van der Waals surface area contributed by atoms with Crippen LogP contribution in [0.3, 0.4) is 0 Å². The average Bonchev–Trinajstić information content (AvgIpc) is 3.00. The molecule has 0 spiro atoms. The Labute approximate surface area is 148 Å². The Morgan fingerprint density at radius 2 is 2.22 bits per heavy atom. The summed E-state index contributed by atoms with van der Waals surface area (Å²) in [5.74, 6) is 0.597. The standard InChI is InChI=1S/C13H15Cl2N5O2S/c14-10-4-3-8(6-11(10)15)22-5-1-2-9(23)7-12(21)16-13-17-19-20-18-13/h3-4,6,9,23H,1-2,5,7H2,(H2,16,17,18,19,20,21). The molecule has 1 amide bonds. The largest absolute Gasteiger partial charge is 0.494 e. The summed E-state index contributed by atoms with van der Waals surface area (Å²) >= 11 is 16.1. The maximum atomic E-state index is 11.7. The lowest BCUT2D eigenvalue weighted by Crippen LogP contribution is -2.18. The van der Waals surface area contributed by atoms with Crippen molar-refractivity contribution in [3.63, 3.8) is 0 Å². The minimum atomic E-state index is -0.211. The summed E-state index contributed by atoms with van der Waals surface area (Å²) in [6.45, 7) is 0.501. The van der Waals surface area contributed by atoms with Gasteiger partial charge in [-0.15, -0.1) is 5.10 Å². The van der Waals surface area contributed by atoms with Crippen LogP contribution < -0.4 is 10.1 Å². The molecule has 0 radical (unpaired) electrons. The van der Waals surface area contributed by atoms with E-state index in [9.17, 15) is 4.79 Å². The molecule has 1 aromatic heterocycles. The Morgan fingerprint density at radius 1 is 1.39 bits per heavy atom. The summed E-state index contributed by atoms with van der Waals surface area (Å²) in [7, 11) is 0. The van der Waals surface area contributed by atoms with Crippen LogP contribution in [0, 0.1) is 0 Å². The van der Waals surface area contributed by atoms with Crippen molar-refractivity contribution in [3.05, 3.63) is 28.2 Å². The fraction of sp³-hybridized carbons (Fsp3) is 0.385. The van der Waals surface area contributed by atoms with Gasteiger partial charge in [-0.05, 0) is 30.2 Å². The second kappa shape index (κ2) is 8.95. The zero-order valence-corrected chi connectivity index (χ0v) is 14.4. The normalized spacial score (nSPS) is 12.0. The van der Waals surface area contributed by atoms with Gasteiger partial charge in [0, 0.05) is 17.7 Å². The lowest BCUT2D eigenvalue weighted by Gasteiger charge is -2.11. The number of halogens is 2. The number of ether oxygens (including phenoxy) is 1. The predicted molar refractivity (Wildman–Crippen MR) is 91.4 cm³/mol. The van der Waals surface area contributed by atoms with E-state index in [1.165, 1.54) is 0 Å². The van der Waals surface area contributed by atoms with Crippen molar-refractivity contribution in [1.82, 2.24) is 20.6 Å². The van der Waals surface area contributed by atoms with Gasteiger partial charge in [-0.3, -0.25) is 10.1 Å². The number of aromatic amines is 1. The third kappa shape index (κ3) is 6.25. The van der Waals surface area contributed by atoms with Crippen LogP contribution >= 0.6 is 35.8 Å². The molecular formula is C13H15Cl2N5O2S. The van der Waals surface area contributed by atoms with Gasteiger partial charge in [-0.2, -0.15) is 17.8 Å². The van der Waals surface area contributed by atoms with E-state index < -0.39 is 0 Å². The Balaban J connectivity index is 1.63. The number of thiol groups is 1. The van der Waals surface area contributed by atoms with Gasteiger partial charge in [-0.25, -0.2) is 0 Å². The molecule has 10 heteroatoms. The van der Waals surface area contributed by atoms with Gasteiger partial charge >= 0.3 is 0 Å². The van der Waals surface area contributed by atoms with Gasteiger partial charge in [0.1, 0.15) is 5.75 Å². The molecule has 23 heavy (non-hydrogen) atoms. The predicted octanol–water partition coefficient (Wildman–Crippen LogP) is 2.99. The number of tetrazole rings is 1. The van der Waals surface area contributed by atoms with Crippen LogP contribution in [0.4, 0.5) is 5.95 Å². The van der Waals surface area contributed by atoms with Gasteiger partial charge in [0.05, 0.1) is 16.7 Å². The van der Waals surface area contributed by atoms with Crippen molar-refractivity contribution in [1.29, 1.82) is 0 Å². The summed E-state index contributed by atoms with van der Waals surface area (Å²) < 4.78 is 5.57. The van der Waals surface area contributed by atoms with Crippen LogP contribution in [0.25, 0.3) is 0 Å². The van der Waals surface area contributed by atoms with Crippen LogP contribution in [0.1, 0.15) is 19.3 Å². The molecule has 0 aliphatic rings. The van der Waals surface area contributed by atoms with E-state index >= 15 is 0 Å². The molecule has 2 N–H and O–H groups in total. The van der Waals surface area contributed by atoms with Crippen molar-refractivity contribution in [2.24, 2.45) is 0 Å². The Kier molecular flexibility index (Phi) is 6.94. The molecule has 1 heterocycles. The second-order valence-electron chi connectivity index (χ2n) is 4.71. The first-order valence-electron chi connectivity index (χ1n) is 6.84. The van der Waals surface area contributed by atoms with Crippen LogP contribution in [0.5, 0.6) is 5.75 Å². The van der Waals surface area contributed by atoms with Crippen molar-refractivity contribution < 1.29 is 9.53 Å². The molecule has 2 aromatic rings. The van der Waals surface area contributed by atoms with Crippen LogP contribution in [0.15, 0.2) is 18.2 Å². The highest BCUT2D eigenvalue weighted by Gasteiger charge is 2.12. The van der Waals surface area contributed by atoms with E-state index in [1.54, 1.807) is 18.2 Å². The van der Waals surface area contributed by atoms with E-state index in [4.69, 9.17) is 27.9 Å². The van der Waals surface area contributed by atoms with Crippen molar-refractivity contribution in [2.75, 3.05) is 11.9 Å². The first kappa shape index (κ1) is 17.8. The van der Waals surface area contributed by atoms with Gasteiger partial charge in [0.25, 0.3) is 5.95 Å². The van der Waals surface area contributed by atoms with Gasteiger partial charge < -0.3 is 4.74 Å². The highest BCUT2D eigenvalue weighted by molar-refractivity contribution is 7.81. The van der Waals surface area contributed by atoms with E-state index in [0.29, 0.717) is 22.4 Å². The maximum absolute atomic E-state index is 11.7. The number of H-pyrrole nitrogens is 1. The smallest absolute Gasteiger partial charge is 0.269 e. The highest BCUT2D eigenvalue weighted by atomic mass is 35.5. The lowest BCUT2D eigenvalue weighted by molar-refractivity contribution is -0.116. The number of anilines is 1. The van der Waals surface area contributed by atoms with E-state index in [0.717, 1.165) is 12.8 Å². The lowest BCUT2D eigenvalue weighted by atomic mass is 10.2. The zero-order chi connectivity index (χ0) is 16.7. The topological polar surface area (TPSA) is 92.8 Å². The van der Waals surface area contributed by atoms with Crippen molar-refractivity contribution in [3.8, 4) is 5.75 Å². The number of rotatable bonds is 8. The molecule has 0 saturated heterocycles. The SMILES string of the molecule is O=C(CC(S)CCCOc1ccc(Cl)c(Cl)c1)Nc1nn[nH]n1. The van der Waals surface area contributed by atoms with Crippen molar-refractivity contribution >= 4 is 47.7 Å². The molecule has 0 aliphatic heterocycles. The highest BCUT2D eigenvalue weighted by Crippen LogP contribution is 2.26. The van der Waals surface area contributed by atoms with E-state index in [-0.39, 0.29) is 23.5 Å². The van der Waals surface area contributed by atoms with Crippen molar-refractivity contribution in [2.45, 2.75) is 24.5 Å².